The molecule has 0 aromatic rings. The van der Waals surface area contributed by atoms with Crippen molar-refractivity contribution in [3.63, 3.8) is 0 Å². The Morgan fingerprint density at radius 2 is 0.414 bits per heavy atom. The topological polar surface area (TPSA) is 161 Å². The van der Waals surface area contributed by atoms with Crippen molar-refractivity contribution in [2.24, 2.45) is 0 Å². The predicted octanol–water partition coefficient (Wildman–Crippen LogP) is 0.423. The van der Waals surface area contributed by atoms with E-state index in [2.05, 4.69) is 0 Å². The van der Waals surface area contributed by atoms with Crippen molar-refractivity contribution in [2.75, 3.05) is 0 Å². The Bertz CT molecular complexity index is 436. The fourth-order valence-corrected chi connectivity index (χ4v) is 0. The van der Waals surface area contributed by atoms with Gasteiger partial charge in [-0.2, -0.15) is 0 Å². The third kappa shape index (κ3) is 35.0. The van der Waals surface area contributed by atoms with Gasteiger partial charge in [-0.3, -0.25) is 0 Å². The van der Waals surface area contributed by atoms with Gasteiger partial charge in [-0.1, -0.05) is 139 Å². The Labute approximate surface area is 241 Å². The number of alkyl halides is 12. The zero-order chi connectivity index (χ0) is 24.3. The van der Waals surface area contributed by atoms with Crippen molar-refractivity contribution >= 4 is 163 Å². The zero-order valence-corrected chi connectivity index (χ0v) is 23.8. The van der Waals surface area contributed by atoms with Crippen LogP contribution in [-0.2, 0) is 45.4 Å². The second-order valence-electron chi connectivity index (χ2n) is 3.14. The number of carboxylic acids is 4. The molecule has 0 aromatic carbocycles. The molecule has 21 heteroatoms. The fraction of sp³-hybridized carbons (Fsp3) is 0.500. The largest absolute Gasteiger partial charge is 4.00 e. The molecule has 0 bridgehead atoms. The molecule has 0 heterocycles. The van der Waals surface area contributed by atoms with Gasteiger partial charge in [0.15, 0.2) is 0 Å². The van der Waals surface area contributed by atoms with E-state index >= 15 is 0 Å². The number of hydrogen-bond acceptors (Lipinski definition) is 8. The summed E-state index contributed by atoms with van der Waals surface area (Å²) >= 11 is 56.8. The van der Waals surface area contributed by atoms with Gasteiger partial charge in [-0.25, -0.2) is 0 Å². The number of carbonyl (C=O) groups is 4. The smallest absolute Gasteiger partial charge is 0.545 e. The number of carboxylic acid groups (broad SMARTS) is 4. The molecule has 0 N–H and O–H groups in total. The van der Waals surface area contributed by atoms with E-state index in [1.54, 1.807) is 0 Å². The summed E-state index contributed by atoms with van der Waals surface area (Å²) in [5.41, 5.74) is 0. The van der Waals surface area contributed by atoms with E-state index in [1.807, 2.05) is 0 Å². The molecule has 0 atom stereocenters. The molecule has 0 aliphatic carbocycles. The van der Waals surface area contributed by atoms with E-state index in [1.165, 1.54) is 0 Å². The van der Waals surface area contributed by atoms with Gasteiger partial charge in [0.05, 0.1) is 23.9 Å². The van der Waals surface area contributed by atoms with Gasteiger partial charge in [-0.15, -0.1) is 0 Å². The normalized spacial score (nSPS) is 10.9. The second-order valence-corrected chi connectivity index (χ2v) is 12.3. The molecule has 8 nitrogen and oxygen atoms in total. The Balaban J connectivity index is -0.0000000873. The van der Waals surface area contributed by atoms with Gasteiger partial charge in [-0.05, 0) is 0 Å². The summed E-state index contributed by atoms with van der Waals surface area (Å²) in [6.45, 7) is 0. The number of carbonyl (C=O) groups excluding carboxylic acids is 4. The number of aliphatic carboxylic acids is 4. The minimum Gasteiger partial charge on any atom is -0.545 e. The minimum absolute atomic E-state index is 0. The Hall–Kier alpha value is 2.24. The maximum atomic E-state index is 9.51. The summed E-state index contributed by atoms with van der Waals surface area (Å²) in [7, 11) is 0. The van der Waals surface area contributed by atoms with Crippen molar-refractivity contribution in [2.45, 2.75) is 15.2 Å². The molecule has 0 unspecified atom stereocenters. The molecule has 0 aliphatic rings. The van der Waals surface area contributed by atoms with Crippen LogP contribution >= 0.6 is 139 Å². The van der Waals surface area contributed by atoms with Crippen LogP contribution in [0.5, 0.6) is 0 Å². The molecule has 0 spiro atoms. The maximum Gasteiger partial charge on any atom is 4.00 e. The van der Waals surface area contributed by atoms with Crippen molar-refractivity contribution in [3.8, 4) is 0 Å². The van der Waals surface area contributed by atoms with Crippen LogP contribution in [-0.4, -0.2) is 39.0 Å². The summed E-state index contributed by atoms with van der Waals surface area (Å²) in [5, 5.41) is 38.1. The first-order valence-corrected chi connectivity index (χ1v) is 9.44. The third-order valence-corrected chi connectivity index (χ3v) is 2.78. The maximum absolute atomic E-state index is 9.51. The van der Waals surface area contributed by atoms with Gasteiger partial charge < -0.3 is 39.6 Å². The average molecular weight is 741 g/mol. The summed E-state index contributed by atoms with van der Waals surface area (Å²) in [5.74, 6) is -6.84. The molecular weight excluding hydrogens is 741 g/mol. The van der Waals surface area contributed by atoms with Crippen LogP contribution in [0, 0.1) is 0 Å². The van der Waals surface area contributed by atoms with Gasteiger partial charge in [0.2, 0.25) is 15.2 Å². The van der Waals surface area contributed by atoms with Crippen molar-refractivity contribution in [1.29, 1.82) is 0 Å². The van der Waals surface area contributed by atoms with Gasteiger partial charge in [0, 0.05) is 0 Å². The summed E-state index contributed by atoms with van der Waals surface area (Å²) < 4.78 is -9.11. The SMILES string of the molecule is O=C([O-])C(Cl)(Cl)Cl.O=C([O-])C(Cl)(Cl)Cl.O=C([O-])C(Cl)(Cl)Cl.O=C([O-])C(Cl)(Cl)Cl.[Zr+4]. The molecule has 0 amide bonds. The summed E-state index contributed by atoms with van der Waals surface area (Å²) in [6.07, 6.45) is 0. The number of rotatable bonds is 0. The molecule has 0 aliphatic heterocycles. The van der Waals surface area contributed by atoms with Gasteiger partial charge >= 0.3 is 26.2 Å². The molecule has 168 valence electrons. The molecule has 29 heavy (non-hydrogen) atoms. The molecule has 0 aromatic heterocycles. The van der Waals surface area contributed by atoms with Crippen LogP contribution in [0.25, 0.3) is 0 Å². The van der Waals surface area contributed by atoms with E-state index in [4.69, 9.17) is 139 Å². The first-order valence-electron chi connectivity index (χ1n) is 4.90. The van der Waals surface area contributed by atoms with Crippen LogP contribution in [0.1, 0.15) is 0 Å². The van der Waals surface area contributed by atoms with E-state index in [9.17, 15) is 39.6 Å². The third-order valence-electron chi connectivity index (χ3n) is 0.926. The van der Waals surface area contributed by atoms with E-state index in [-0.39, 0.29) is 26.2 Å². The quantitative estimate of drug-likeness (QED) is 0.324. The minimum atomic E-state index is -2.28. The van der Waals surface area contributed by atoms with E-state index in [0.29, 0.717) is 0 Å². The molecule has 0 saturated heterocycles. The van der Waals surface area contributed by atoms with Crippen LogP contribution in [0.2, 0.25) is 0 Å². The average Bonchev–Trinajstić information content (AvgIpc) is 2.35. The van der Waals surface area contributed by atoms with Crippen molar-refractivity contribution in [1.82, 2.24) is 0 Å². The monoisotopic (exact) mass is 733 g/mol. The first-order chi connectivity index (χ1) is 11.8. The molecule has 0 fully saturated rings. The Morgan fingerprint density at radius 3 is 0.414 bits per heavy atom. The predicted molar refractivity (Wildman–Crippen MR) is 101 cm³/mol. The van der Waals surface area contributed by atoms with Crippen LogP contribution < -0.4 is 20.4 Å². The van der Waals surface area contributed by atoms with Crippen molar-refractivity contribution < 1.29 is 65.8 Å². The van der Waals surface area contributed by atoms with Crippen LogP contribution in [0.3, 0.4) is 0 Å². The van der Waals surface area contributed by atoms with Crippen molar-refractivity contribution in [3.05, 3.63) is 0 Å². The van der Waals surface area contributed by atoms with E-state index < -0.39 is 39.0 Å². The van der Waals surface area contributed by atoms with Gasteiger partial charge in [0.1, 0.15) is 0 Å². The standard InChI is InChI=1S/4C2HCl3O2.Zr/c4*3-2(4,5)1(6)7;/h4*(H,6,7);/q;;;;+4/p-4. The Morgan fingerprint density at radius 1 is 0.379 bits per heavy atom. The van der Waals surface area contributed by atoms with Crippen LogP contribution in [0.15, 0.2) is 0 Å². The first kappa shape index (κ1) is 41.5. The second kappa shape index (κ2) is 17.7. The zero-order valence-electron chi connectivity index (χ0n) is 12.3. The number of halogens is 12. The molecule has 0 saturated carbocycles. The molecular formula is C8Cl12O8Zr. The van der Waals surface area contributed by atoms with Gasteiger partial charge in [0.25, 0.3) is 0 Å². The van der Waals surface area contributed by atoms with E-state index in [0.717, 1.165) is 0 Å². The fourth-order valence-electron chi connectivity index (χ4n) is 0. The Kier molecular flexibility index (Phi) is 25.3. The molecule has 0 radical (unpaired) electrons. The summed E-state index contributed by atoms with van der Waals surface area (Å²) in [6, 6.07) is 0. The molecule has 0 rings (SSSR count). The van der Waals surface area contributed by atoms with Crippen LogP contribution in [0.4, 0.5) is 0 Å². The summed E-state index contributed by atoms with van der Waals surface area (Å²) in [4.78, 5) is 38.1. The number of hydrogen-bond donors (Lipinski definition) is 0.